The van der Waals surface area contributed by atoms with Gasteiger partial charge in [0, 0.05) is 6.42 Å². The van der Waals surface area contributed by atoms with Crippen LogP contribution in [0.2, 0.25) is 0 Å². The third-order valence-electron chi connectivity index (χ3n) is 15.9. The summed E-state index contributed by atoms with van der Waals surface area (Å²) < 4.78 is 23.8. The topological polar surface area (TPSA) is 105 Å². The van der Waals surface area contributed by atoms with Gasteiger partial charge in [-0.1, -0.05) is 318 Å². The number of aliphatic hydroxyl groups excluding tert-OH is 1. The molecular formula is C73H138N2O6P+. The van der Waals surface area contributed by atoms with Gasteiger partial charge in [0.25, 0.3) is 0 Å². The van der Waals surface area contributed by atoms with Crippen LogP contribution in [0.3, 0.4) is 0 Å². The molecule has 0 aliphatic carbocycles. The molecule has 3 N–H and O–H groups in total. The van der Waals surface area contributed by atoms with Gasteiger partial charge in [0.15, 0.2) is 0 Å². The molecule has 0 bridgehead atoms. The number of likely N-dealkylation sites (N-methyl/N-ethyl adjacent to an activating group) is 1. The zero-order chi connectivity index (χ0) is 59.8. The Morgan fingerprint density at radius 3 is 1.06 bits per heavy atom. The van der Waals surface area contributed by atoms with E-state index < -0.39 is 20.0 Å². The summed E-state index contributed by atoms with van der Waals surface area (Å²) in [7, 11) is 1.55. The van der Waals surface area contributed by atoms with Crippen molar-refractivity contribution in [3.63, 3.8) is 0 Å². The van der Waals surface area contributed by atoms with Gasteiger partial charge in [0.2, 0.25) is 5.91 Å². The van der Waals surface area contributed by atoms with Crippen LogP contribution < -0.4 is 5.32 Å². The summed E-state index contributed by atoms with van der Waals surface area (Å²) >= 11 is 0. The van der Waals surface area contributed by atoms with E-state index in [1.807, 2.05) is 27.2 Å². The summed E-state index contributed by atoms with van der Waals surface area (Å²) in [5, 5.41) is 14.0. The molecule has 9 heteroatoms. The van der Waals surface area contributed by atoms with Gasteiger partial charge in [0.1, 0.15) is 13.2 Å². The molecule has 480 valence electrons. The van der Waals surface area contributed by atoms with Gasteiger partial charge in [-0.2, -0.15) is 0 Å². The number of unbranched alkanes of at least 4 members (excludes halogenated alkanes) is 42. The number of rotatable bonds is 65. The lowest BCUT2D eigenvalue weighted by atomic mass is 10.0. The Bertz CT molecular complexity index is 1570. The Hall–Kier alpha value is -2.06. The van der Waals surface area contributed by atoms with Crippen LogP contribution in [0.1, 0.15) is 335 Å². The molecule has 0 heterocycles. The quantitative estimate of drug-likeness (QED) is 0.0243. The number of aliphatic hydroxyl groups is 1. The first-order valence-corrected chi connectivity index (χ1v) is 36.8. The zero-order valence-electron chi connectivity index (χ0n) is 55.0. The lowest BCUT2D eigenvalue weighted by Gasteiger charge is -2.25. The number of hydrogen-bond donors (Lipinski definition) is 3. The maximum absolute atomic E-state index is 13.0. The molecule has 0 spiro atoms. The van der Waals surface area contributed by atoms with Gasteiger partial charge < -0.3 is 19.8 Å². The van der Waals surface area contributed by atoms with Crippen molar-refractivity contribution in [1.29, 1.82) is 0 Å². The predicted octanol–water partition coefficient (Wildman–Crippen LogP) is 22.6. The standard InChI is InChI=1S/C73H137N2O6P/c1-6-8-10-12-14-16-18-20-22-24-26-28-30-32-34-36-37-39-41-43-45-47-49-51-53-55-57-59-61-63-65-67-73(77)74-71(70-81-82(78,79)80-69-68-75(3,4)5)72(76)66-64-62-60-58-56-54-52-50-48-46-44-42-40-38-35-33-31-29-27-25-23-21-19-17-15-13-11-9-7-2/h18,20,24,26,30,32,48,50,56,58,64,66,71-72,76H,6-17,19,21-23,25,27-29,31,33-47,49,51-55,57,59-63,65,67-70H2,1-5H3,(H-,74,77,78,79)/p+1/b20-18-,26-24-,32-30-,50-48+,58-56+,66-64+. The highest BCUT2D eigenvalue weighted by atomic mass is 31.2. The van der Waals surface area contributed by atoms with E-state index in [1.165, 1.54) is 257 Å². The van der Waals surface area contributed by atoms with Crippen LogP contribution in [0.4, 0.5) is 0 Å². The summed E-state index contributed by atoms with van der Waals surface area (Å²) in [6.45, 7) is 4.81. The summed E-state index contributed by atoms with van der Waals surface area (Å²) in [4.78, 5) is 23.4. The molecular weight excluding hydrogens is 1030 g/mol. The monoisotopic (exact) mass is 1170 g/mol. The largest absolute Gasteiger partial charge is 0.472 e. The van der Waals surface area contributed by atoms with Crippen molar-refractivity contribution in [1.82, 2.24) is 5.32 Å². The molecule has 0 aliphatic heterocycles. The average molecular weight is 1170 g/mol. The van der Waals surface area contributed by atoms with Crippen molar-refractivity contribution in [2.75, 3.05) is 40.9 Å². The van der Waals surface area contributed by atoms with Crippen LogP contribution in [0.25, 0.3) is 0 Å². The van der Waals surface area contributed by atoms with Gasteiger partial charge in [-0.3, -0.25) is 13.8 Å². The third kappa shape index (κ3) is 65.5. The second-order valence-corrected chi connectivity index (χ2v) is 26.7. The second-order valence-electron chi connectivity index (χ2n) is 25.2. The fraction of sp³-hybridized carbons (Fsp3) is 0.822. The zero-order valence-corrected chi connectivity index (χ0v) is 55.9. The number of allylic oxidation sites excluding steroid dienone is 11. The summed E-state index contributed by atoms with van der Waals surface area (Å²) in [5.41, 5.74) is 0. The highest BCUT2D eigenvalue weighted by Gasteiger charge is 2.28. The highest BCUT2D eigenvalue weighted by molar-refractivity contribution is 7.47. The number of phosphoric ester groups is 1. The minimum absolute atomic E-state index is 0.0522. The number of quaternary nitrogens is 1. The maximum Gasteiger partial charge on any atom is 0.472 e. The molecule has 0 fully saturated rings. The summed E-state index contributed by atoms with van der Waals surface area (Å²) in [6, 6.07) is -0.874. The molecule has 3 unspecified atom stereocenters. The first-order chi connectivity index (χ1) is 40.0. The Labute approximate surface area is 510 Å². The van der Waals surface area contributed by atoms with Crippen molar-refractivity contribution in [3.05, 3.63) is 72.9 Å². The number of hydrogen-bond acceptors (Lipinski definition) is 5. The molecule has 0 saturated carbocycles. The lowest BCUT2D eigenvalue weighted by molar-refractivity contribution is -0.870. The molecule has 3 atom stereocenters. The van der Waals surface area contributed by atoms with Crippen LogP contribution in [0, 0.1) is 0 Å². The molecule has 0 saturated heterocycles. The third-order valence-corrected chi connectivity index (χ3v) is 16.9. The number of carbonyl (C=O) groups excluding carboxylic acids is 1. The number of phosphoric acid groups is 1. The smallest absolute Gasteiger partial charge is 0.387 e. The number of nitrogens with one attached hydrogen (secondary N) is 1. The van der Waals surface area contributed by atoms with E-state index in [0.717, 1.165) is 57.8 Å². The van der Waals surface area contributed by atoms with Gasteiger partial charge >= 0.3 is 7.82 Å². The van der Waals surface area contributed by atoms with Crippen molar-refractivity contribution >= 4 is 13.7 Å². The SMILES string of the molecule is CCCCCCC/C=C\C/C=C\C/C=C\CCCCCCCCCCCCCCCCCCC(=O)NC(COP(=O)(O)OCC[N+](C)(C)C)C(O)/C=C/CC/C=C/CC/C=C/CCCCCCCCCCCCCCCCCCCCC. The Kier molecular flexibility index (Phi) is 61.8. The van der Waals surface area contributed by atoms with E-state index in [-0.39, 0.29) is 19.1 Å². The molecule has 82 heavy (non-hydrogen) atoms. The number of carbonyl (C=O) groups is 1. The second kappa shape index (κ2) is 63.4. The van der Waals surface area contributed by atoms with Crippen LogP contribution >= 0.6 is 7.82 Å². The molecule has 1 amide bonds. The van der Waals surface area contributed by atoms with E-state index in [1.54, 1.807) is 6.08 Å². The van der Waals surface area contributed by atoms with Gasteiger partial charge in [-0.25, -0.2) is 4.57 Å². The summed E-state index contributed by atoms with van der Waals surface area (Å²) in [6.07, 6.45) is 89.1. The summed E-state index contributed by atoms with van der Waals surface area (Å²) in [5.74, 6) is -0.188. The minimum atomic E-state index is -4.37. The maximum atomic E-state index is 13.0. The first-order valence-electron chi connectivity index (χ1n) is 35.3. The first kappa shape index (κ1) is 79.9. The number of nitrogens with zero attached hydrogens (tertiary/aromatic N) is 1. The normalized spacial score (nSPS) is 14.1. The highest BCUT2D eigenvalue weighted by Crippen LogP contribution is 2.43. The van der Waals surface area contributed by atoms with Crippen molar-refractivity contribution in [2.45, 2.75) is 347 Å². The minimum Gasteiger partial charge on any atom is -0.387 e. The van der Waals surface area contributed by atoms with E-state index in [2.05, 4.69) is 79.9 Å². The molecule has 0 aliphatic rings. The Balaban J connectivity index is 4.13. The fourth-order valence-electron chi connectivity index (χ4n) is 10.4. The van der Waals surface area contributed by atoms with E-state index in [4.69, 9.17) is 9.05 Å². The van der Waals surface area contributed by atoms with Crippen LogP contribution in [0.15, 0.2) is 72.9 Å². The fourth-order valence-corrected chi connectivity index (χ4v) is 11.1. The van der Waals surface area contributed by atoms with Crippen LogP contribution in [0.5, 0.6) is 0 Å². The molecule has 0 radical (unpaired) electrons. The molecule has 8 nitrogen and oxygen atoms in total. The number of amides is 1. The van der Waals surface area contributed by atoms with E-state index >= 15 is 0 Å². The lowest BCUT2D eigenvalue weighted by Crippen LogP contribution is -2.45. The van der Waals surface area contributed by atoms with Gasteiger partial charge in [0.05, 0.1) is 39.9 Å². The van der Waals surface area contributed by atoms with Crippen molar-refractivity contribution in [2.24, 2.45) is 0 Å². The van der Waals surface area contributed by atoms with E-state index in [9.17, 15) is 19.4 Å². The Morgan fingerprint density at radius 2 is 0.707 bits per heavy atom. The van der Waals surface area contributed by atoms with Gasteiger partial charge in [-0.05, 0) is 83.5 Å². The molecule has 0 aromatic heterocycles. The predicted molar refractivity (Wildman–Crippen MR) is 360 cm³/mol. The molecule has 0 aromatic rings. The molecule has 0 rings (SSSR count). The van der Waals surface area contributed by atoms with Crippen LogP contribution in [-0.4, -0.2) is 73.4 Å². The van der Waals surface area contributed by atoms with E-state index in [0.29, 0.717) is 17.4 Å². The van der Waals surface area contributed by atoms with Crippen molar-refractivity contribution < 1.29 is 32.9 Å². The van der Waals surface area contributed by atoms with Crippen molar-refractivity contribution in [3.8, 4) is 0 Å². The average Bonchev–Trinajstić information content (AvgIpc) is 3.47. The van der Waals surface area contributed by atoms with Gasteiger partial charge in [-0.15, -0.1) is 0 Å². The van der Waals surface area contributed by atoms with Crippen LogP contribution in [-0.2, 0) is 18.4 Å². The molecule has 0 aromatic carbocycles. The Morgan fingerprint density at radius 1 is 0.415 bits per heavy atom.